The summed E-state index contributed by atoms with van der Waals surface area (Å²) in [6, 6.07) is 1.65. The summed E-state index contributed by atoms with van der Waals surface area (Å²) in [6.07, 6.45) is 2.57. The van der Waals surface area contributed by atoms with E-state index in [-0.39, 0.29) is 17.9 Å². The summed E-state index contributed by atoms with van der Waals surface area (Å²) >= 11 is 9.19. The number of nitrogens with one attached hydrogen (secondary N) is 1. The normalized spacial score (nSPS) is 18.2. The van der Waals surface area contributed by atoms with Crippen molar-refractivity contribution in [1.82, 2.24) is 9.88 Å². The number of nitrogens with zero attached hydrogens (tertiary/aromatic N) is 2. The standard InChI is InChI=1S/C16H21BrClN3O3/c1-16(2,3)24-15(23)21-6-4-5-10(9-21)14(22)20-13-7-11(17)12(18)8-19-13/h7-8,10H,4-6,9H2,1-3H3,(H,19,20,22). The second kappa shape index (κ2) is 7.70. The molecule has 2 heterocycles. The van der Waals surface area contributed by atoms with E-state index in [2.05, 4.69) is 26.2 Å². The molecule has 0 radical (unpaired) electrons. The Hall–Kier alpha value is -1.34. The van der Waals surface area contributed by atoms with Crippen LogP contribution in [0.5, 0.6) is 0 Å². The molecule has 24 heavy (non-hydrogen) atoms. The van der Waals surface area contributed by atoms with E-state index in [1.807, 2.05) is 20.8 Å². The highest BCUT2D eigenvalue weighted by molar-refractivity contribution is 9.10. The molecular formula is C16H21BrClN3O3. The predicted molar refractivity (Wildman–Crippen MR) is 96.1 cm³/mol. The van der Waals surface area contributed by atoms with E-state index >= 15 is 0 Å². The SMILES string of the molecule is CC(C)(C)OC(=O)N1CCCC(C(=O)Nc2cc(Br)c(Cl)cn2)C1. The predicted octanol–water partition coefficient (Wildman–Crippen LogP) is 4.08. The number of ether oxygens (including phenoxy) is 1. The van der Waals surface area contributed by atoms with Crippen LogP contribution in [0.2, 0.25) is 5.02 Å². The quantitative estimate of drug-likeness (QED) is 0.785. The van der Waals surface area contributed by atoms with Gasteiger partial charge in [0.25, 0.3) is 0 Å². The maximum atomic E-state index is 12.4. The first kappa shape index (κ1) is 19.0. The van der Waals surface area contributed by atoms with Crippen LogP contribution in [-0.4, -0.2) is 40.6 Å². The zero-order valence-electron chi connectivity index (χ0n) is 13.9. The molecule has 0 bridgehead atoms. The number of rotatable bonds is 2. The molecular weight excluding hydrogens is 398 g/mol. The van der Waals surface area contributed by atoms with Gasteiger partial charge in [0, 0.05) is 23.8 Å². The summed E-state index contributed by atoms with van der Waals surface area (Å²) < 4.78 is 6.04. The Morgan fingerprint density at radius 1 is 1.46 bits per heavy atom. The zero-order chi connectivity index (χ0) is 17.9. The smallest absolute Gasteiger partial charge is 0.410 e. The van der Waals surface area contributed by atoms with E-state index in [0.717, 1.165) is 12.8 Å². The lowest BCUT2D eigenvalue weighted by Gasteiger charge is -2.33. The minimum atomic E-state index is -0.550. The van der Waals surface area contributed by atoms with Gasteiger partial charge in [-0.1, -0.05) is 11.6 Å². The number of anilines is 1. The van der Waals surface area contributed by atoms with Gasteiger partial charge in [-0.05, 0) is 55.6 Å². The molecule has 1 aromatic heterocycles. The summed E-state index contributed by atoms with van der Waals surface area (Å²) in [7, 11) is 0. The van der Waals surface area contributed by atoms with Crippen molar-refractivity contribution in [3.05, 3.63) is 21.8 Å². The topological polar surface area (TPSA) is 71.5 Å². The number of amides is 2. The lowest BCUT2D eigenvalue weighted by atomic mass is 9.97. The van der Waals surface area contributed by atoms with Crippen molar-refractivity contribution in [2.45, 2.75) is 39.2 Å². The van der Waals surface area contributed by atoms with E-state index in [1.54, 1.807) is 11.0 Å². The molecule has 1 saturated heterocycles. The van der Waals surface area contributed by atoms with Crippen LogP contribution in [0, 0.1) is 5.92 Å². The lowest BCUT2D eigenvalue weighted by molar-refractivity contribution is -0.121. The Morgan fingerprint density at radius 2 is 2.17 bits per heavy atom. The third-order valence-electron chi connectivity index (χ3n) is 3.50. The maximum Gasteiger partial charge on any atom is 0.410 e. The monoisotopic (exact) mass is 417 g/mol. The van der Waals surface area contributed by atoms with Gasteiger partial charge in [0.05, 0.1) is 10.9 Å². The third kappa shape index (κ3) is 5.34. The fourth-order valence-corrected chi connectivity index (χ4v) is 2.82. The lowest BCUT2D eigenvalue weighted by Crippen LogP contribution is -2.45. The molecule has 6 nitrogen and oxygen atoms in total. The highest BCUT2D eigenvalue weighted by Crippen LogP contribution is 2.25. The van der Waals surface area contributed by atoms with Crippen molar-refractivity contribution in [3.63, 3.8) is 0 Å². The average Bonchev–Trinajstić information content (AvgIpc) is 2.49. The van der Waals surface area contributed by atoms with E-state index in [9.17, 15) is 9.59 Å². The highest BCUT2D eigenvalue weighted by Gasteiger charge is 2.31. The first-order valence-electron chi connectivity index (χ1n) is 7.75. The van der Waals surface area contributed by atoms with Crippen molar-refractivity contribution >= 4 is 45.3 Å². The molecule has 0 aromatic carbocycles. The van der Waals surface area contributed by atoms with Crippen LogP contribution in [-0.2, 0) is 9.53 Å². The second-order valence-corrected chi connectivity index (χ2v) is 8.00. The van der Waals surface area contributed by atoms with Crippen LogP contribution in [0.15, 0.2) is 16.7 Å². The fourth-order valence-electron chi connectivity index (χ4n) is 2.39. The molecule has 1 aliphatic heterocycles. The Labute approximate surface area is 155 Å². The maximum absolute atomic E-state index is 12.4. The van der Waals surface area contributed by atoms with Crippen LogP contribution in [0.25, 0.3) is 0 Å². The van der Waals surface area contributed by atoms with Gasteiger partial charge < -0.3 is 15.0 Å². The van der Waals surface area contributed by atoms with Gasteiger partial charge in [-0.2, -0.15) is 0 Å². The molecule has 1 aromatic rings. The number of aromatic nitrogens is 1. The molecule has 1 fully saturated rings. The third-order valence-corrected chi connectivity index (χ3v) is 4.69. The van der Waals surface area contributed by atoms with E-state index < -0.39 is 5.60 Å². The molecule has 0 saturated carbocycles. The number of hydrogen-bond acceptors (Lipinski definition) is 4. The van der Waals surface area contributed by atoms with Crippen molar-refractivity contribution in [3.8, 4) is 0 Å². The van der Waals surface area contributed by atoms with Gasteiger partial charge in [-0.15, -0.1) is 0 Å². The minimum Gasteiger partial charge on any atom is -0.444 e. The summed E-state index contributed by atoms with van der Waals surface area (Å²) in [6.45, 7) is 6.41. The minimum absolute atomic E-state index is 0.162. The van der Waals surface area contributed by atoms with Crippen LogP contribution in [0.3, 0.4) is 0 Å². The molecule has 1 N–H and O–H groups in total. The molecule has 1 aliphatic rings. The summed E-state index contributed by atoms with van der Waals surface area (Å²) in [5.41, 5.74) is -0.550. The number of carbonyl (C=O) groups excluding carboxylic acids is 2. The van der Waals surface area contributed by atoms with Crippen molar-refractivity contribution < 1.29 is 14.3 Å². The molecule has 132 valence electrons. The largest absolute Gasteiger partial charge is 0.444 e. The van der Waals surface area contributed by atoms with Gasteiger partial charge in [-0.3, -0.25) is 4.79 Å². The van der Waals surface area contributed by atoms with Gasteiger partial charge in [-0.25, -0.2) is 9.78 Å². The fraction of sp³-hybridized carbons (Fsp3) is 0.562. The Morgan fingerprint density at radius 3 is 2.79 bits per heavy atom. The van der Waals surface area contributed by atoms with E-state index in [1.165, 1.54) is 6.20 Å². The average molecular weight is 419 g/mol. The van der Waals surface area contributed by atoms with Crippen LogP contribution in [0.1, 0.15) is 33.6 Å². The summed E-state index contributed by atoms with van der Waals surface area (Å²) in [5.74, 6) is -0.0295. The molecule has 0 aliphatic carbocycles. The number of carbonyl (C=O) groups is 2. The van der Waals surface area contributed by atoms with Gasteiger partial charge in [0.1, 0.15) is 11.4 Å². The van der Waals surface area contributed by atoms with Gasteiger partial charge >= 0.3 is 6.09 Å². The van der Waals surface area contributed by atoms with Crippen LogP contribution >= 0.6 is 27.5 Å². The summed E-state index contributed by atoms with van der Waals surface area (Å²) in [5, 5.41) is 3.24. The number of hydrogen-bond donors (Lipinski definition) is 1. The zero-order valence-corrected chi connectivity index (χ0v) is 16.3. The Balaban J connectivity index is 1.97. The molecule has 8 heteroatoms. The Kier molecular flexibility index (Phi) is 6.09. The van der Waals surface area contributed by atoms with Crippen molar-refractivity contribution in [2.75, 3.05) is 18.4 Å². The number of piperidine rings is 1. The first-order chi connectivity index (χ1) is 11.2. The number of likely N-dealkylation sites (tertiary alicyclic amines) is 1. The van der Waals surface area contributed by atoms with E-state index in [4.69, 9.17) is 16.3 Å². The highest BCUT2D eigenvalue weighted by atomic mass is 79.9. The Bertz CT molecular complexity index is 633. The molecule has 0 spiro atoms. The molecule has 2 rings (SSSR count). The van der Waals surface area contributed by atoms with Crippen molar-refractivity contribution in [2.24, 2.45) is 5.92 Å². The van der Waals surface area contributed by atoms with Gasteiger partial charge in [0.2, 0.25) is 5.91 Å². The number of pyridine rings is 1. The number of halogens is 2. The first-order valence-corrected chi connectivity index (χ1v) is 8.92. The van der Waals surface area contributed by atoms with Crippen LogP contribution in [0.4, 0.5) is 10.6 Å². The molecule has 2 amide bonds. The van der Waals surface area contributed by atoms with Crippen molar-refractivity contribution in [1.29, 1.82) is 0 Å². The van der Waals surface area contributed by atoms with E-state index in [0.29, 0.717) is 28.4 Å². The second-order valence-electron chi connectivity index (χ2n) is 6.74. The van der Waals surface area contributed by atoms with Crippen LogP contribution < -0.4 is 5.32 Å². The molecule has 1 unspecified atom stereocenters. The van der Waals surface area contributed by atoms with Gasteiger partial charge in [0.15, 0.2) is 0 Å². The summed E-state index contributed by atoms with van der Waals surface area (Å²) in [4.78, 5) is 30.3. The molecule has 1 atom stereocenters.